The van der Waals surface area contributed by atoms with Crippen molar-refractivity contribution in [2.45, 2.75) is 83.6 Å². The molecule has 15 heteroatoms. The van der Waals surface area contributed by atoms with Crippen LogP contribution < -0.4 is 4.90 Å². The molecular formula is C35H38F6N4O5. The van der Waals surface area contributed by atoms with Crippen molar-refractivity contribution < 1.29 is 50.9 Å². The van der Waals surface area contributed by atoms with Crippen LogP contribution >= 0.6 is 0 Å². The normalized spacial score (nSPS) is 21.3. The highest BCUT2D eigenvalue weighted by molar-refractivity contribution is 5.71. The summed E-state index contributed by atoms with van der Waals surface area (Å²) in [7, 11) is 0. The topological polar surface area (TPSA) is 116 Å². The molecule has 9 nitrogen and oxygen atoms in total. The minimum absolute atomic E-state index is 0.0289. The lowest BCUT2D eigenvalue weighted by molar-refractivity contribution is -0.143. The van der Waals surface area contributed by atoms with Crippen LogP contribution in [0, 0.1) is 11.8 Å². The van der Waals surface area contributed by atoms with Crippen LogP contribution in [0.5, 0.6) is 0 Å². The highest BCUT2D eigenvalue weighted by atomic mass is 19.4. The van der Waals surface area contributed by atoms with Crippen molar-refractivity contribution in [1.29, 1.82) is 0 Å². The number of anilines is 1. The maximum atomic E-state index is 13.6. The Morgan fingerprint density at radius 3 is 2.12 bits per heavy atom. The fourth-order valence-electron chi connectivity index (χ4n) is 6.72. The summed E-state index contributed by atoms with van der Waals surface area (Å²) < 4.78 is 87.2. The van der Waals surface area contributed by atoms with Gasteiger partial charge in [-0.25, -0.2) is 14.8 Å². The van der Waals surface area contributed by atoms with Gasteiger partial charge in [0, 0.05) is 25.1 Å². The van der Waals surface area contributed by atoms with Gasteiger partial charge in [-0.15, -0.1) is 0 Å². The van der Waals surface area contributed by atoms with E-state index in [0.29, 0.717) is 53.6 Å². The molecule has 0 bridgehead atoms. The number of carbonyl (C=O) groups is 2. The molecule has 270 valence electrons. The van der Waals surface area contributed by atoms with E-state index in [2.05, 4.69) is 0 Å². The quantitative estimate of drug-likeness (QED) is 0.194. The second-order valence-electron chi connectivity index (χ2n) is 12.9. The van der Waals surface area contributed by atoms with Gasteiger partial charge in [0.25, 0.3) is 0 Å². The minimum Gasteiger partial charge on any atom is -0.481 e. The van der Waals surface area contributed by atoms with Crippen molar-refractivity contribution >= 4 is 17.9 Å². The van der Waals surface area contributed by atoms with Gasteiger partial charge in [0.15, 0.2) is 5.82 Å². The third kappa shape index (κ3) is 8.48. The molecule has 2 aliphatic rings. The van der Waals surface area contributed by atoms with E-state index in [1.807, 2.05) is 11.8 Å². The third-order valence-corrected chi connectivity index (χ3v) is 9.50. The number of aliphatic hydroxyl groups excluding tert-OH is 1. The largest absolute Gasteiger partial charge is 0.481 e. The average Bonchev–Trinajstić information content (AvgIpc) is 3.35. The Morgan fingerprint density at radius 2 is 1.58 bits per heavy atom. The maximum Gasteiger partial charge on any atom is 0.416 e. The molecule has 50 heavy (non-hydrogen) atoms. The highest BCUT2D eigenvalue weighted by Gasteiger charge is 2.44. The highest BCUT2D eigenvalue weighted by Crippen LogP contribution is 2.41. The summed E-state index contributed by atoms with van der Waals surface area (Å²) in [6.45, 7) is 4.14. The van der Waals surface area contributed by atoms with Gasteiger partial charge in [-0.05, 0) is 80.7 Å². The number of carboxylic acid groups (broad SMARTS) is 1. The smallest absolute Gasteiger partial charge is 0.416 e. The summed E-state index contributed by atoms with van der Waals surface area (Å²) in [5, 5.41) is 18.6. The Hall–Kier alpha value is -4.40. The van der Waals surface area contributed by atoms with Crippen molar-refractivity contribution in [3.8, 4) is 11.3 Å². The van der Waals surface area contributed by atoms with E-state index in [1.54, 1.807) is 30.5 Å². The molecule has 2 fully saturated rings. The number of hydrogen-bond donors (Lipinski definition) is 2. The van der Waals surface area contributed by atoms with Crippen molar-refractivity contribution in [2.75, 3.05) is 18.0 Å². The first-order chi connectivity index (χ1) is 23.6. The second kappa shape index (κ2) is 14.8. The van der Waals surface area contributed by atoms with Crippen LogP contribution in [0.2, 0.25) is 0 Å². The van der Waals surface area contributed by atoms with Crippen LogP contribution in [-0.4, -0.2) is 56.3 Å². The summed E-state index contributed by atoms with van der Waals surface area (Å²) in [4.78, 5) is 37.3. The predicted octanol–water partition coefficient (Wildman–Crippen LogP) is 7.86. The Bertz CT molecular complexity index is 1640. The zero-order chi connectivity index (χ0) is 36.4. The predicted molar refractivity (Wildman–Crippen MR) is 170 cm³/mol. The van der Waals surface area contributed by atoms with Crippen molar-refractivity contribution in [3.05, 3.63) is 76.6 Å². The van der Waals surface area contributed by atoms with Gasteiger partial charge in [-0.3, -0.25) is 9.69 Å². The number of hydrogen-bond acceptors (Lipinski definition) is 7. The Labute approximate surface area is 284 Å². The molecule has 2 N–H and O–H groups in total. The molecule has 3 aromatic rings. The maximum absolute atomic E-state index is 13.6. The first kappa shape index (κ1) is 36.9. The first-order valence-electron chi connectivity index (χ1n) is 16.4. The van der Waals surface area contributed by atoms with Crippen LogP contribution in [0.3, 0.4) is 0 Å². The summed E-state index contributed by atoms with van der Waals surface area (Å²) in [6, 6.07) is 7.13. The number of rotatable bonds is 11. The van der Waals surface area contributed by atoms with Crippen LogP contribution in [0.25, 0.3) is 11.3 Å². The number of alkyl halides is 6. The number of aliphatic hydroxyl groups is 1. The molecule has 1 amide bonds. The van der Waals surface area contributed by atoms with Crippen LogP contribution in [0.1, 0.15) is 80.0 Å². The number of aromatic nitrogens is 2. The zero-order valence-electron chi connectivity index (χ0n) is 27.5. The van der Waals surface area contributed by atoms with Crippen LogP contribution in [0.15, 0.2) is 48.7 Å². The number of halogens is 6. The van der Waals surface area contributed by atoms with Gasteiger partial charge in [0.2, 0.25) is 0 Å². The van der Waals surface area contributed by atoms with E-state index in [1.165, 1.54) is 11.8 Å². The second-order valence-corrected chi connectivity index (χ2v) is 12.9. The van der Waals surface area contributed by atoms with E-state index >= 15 is 0 Å². The molecule has 2 atom stereocenters. The van der Waals surface area contributed by atoms with Gasteiger partial charge in [-0.1, -0.05) is 24.3 Å². The average molecular weight is 709 g/mol. The fraction of sp³-hybridized carbons (Fsp3) is 0.486. The molecule has 1 unspecified atom stereocenters. The van der Waals surface area contributed by atoms with Gasteiger partial charge in [-0.2, -0.15) is 26.3 Å². The standard InChI is InChI=1S/C35H38F6N4O5/c1-3-44(17-22-6-4-21(5-7-22)12-30(47)48)32-29(43-28(16-42-32)24-10-8-23(19-46)9-11-24)18-45-20(2)31(50-33(45)49)25-13-26(34(36,37)38)15-27(14-25)35(39,40)41/h8-11,13-16,20-22,31,46H,3-7,12,17-19H2,1-2H3,(H,47,48)/t20-,21?,22?,31?/m0/s1. The van der Waals surface area contributed by atoms with Crippen molar-refractivity contribution in [1.82, 2.24) is 14.9 Å². The van der Waals surface area contributed by atoms with Crippen molar-refractivity contribution in [2.24, 2.45) is 11.8 Å². The van der Waals surface area contributed by atoms with Crippen LogP contribution in [-0.2, 0) is 35.0 Å². The van der Waals surface area contributed by atoms with Crippen LogP contribution in [0.4, 0.5) is 37.0 Å². The lowest BCUT2D eigenvalue weighted by Crippen LogP contribution is -2.36. The lowest BCUT2D eigenvalue weighted by atomic mass is 9.80. The molecule has 0 spiro atoms. The number of carbonyl (C=O) groups excluding carboxylic acids is 1. The molecule has 0 radical (unpaired) electrons. The number of ether oxygens (including phenoxy) is 1. The number of benzene rings is 2. The van der Waals surface area contributed by atoms with Gasteiger partial charge < -0.3 is 19.8 Å². The molecule has 1 aliphatic carbocycles. The summed E-state index contributed by atoms with van der Waals surface area (Å²) in [6.07, 6.45) is -7.60. The number of amides is 1. The summed E-state index contributed by atoms with van der Waals surface area (Å²) in [5.41, 5.74) is -1.31. The van der Waals surface area contributed by atoms with Gasteiger partial charge in [0.1, 0.15) is 11.8 Å². The molecule has 2 heterocycles. The fourth-order valence-corrected chi connectivity index (χ4v) is 6.72. The molecule has 1 aliphatic heterocycles. The van der Waals surface area contributed by atoms with E-state index < -0.39 is 53.3 Å². The van der Waals surface area contributed by atoms with E-state index in [-0.39, 0.29) is 37.5 Å². The number of nitrogens with zero attached hydrogens (tertiary/aromatic N) is 4. The Morgan fingerprint density at radius 1 is 0.980 bits per heavy atom. The molecule has 1 saturated carbocycles. The van der Waals surface area contributed by atoms with E-state index in [4.69, 9.17) is 14.7 Å². The zero-order valence-corrected chi connectivity index (χ0v) is 27.5. The Balaban J connectivity index is 1.46. The molecule has 2 aromatic carbocycles. The molecule has 1 saturated heterocycles. The van der Waals surface area contributed by atoms with Crippen molar-refractivity contribution in [3.63, 3.8) is 0 Å². The lowest BCUT2D eigenvalue weighted by Gasteiger charge is -2.33. The molecule has 1 aromatic heterocycles. The Kier molecular flexibility index (Phi) is 10.9. The molecular weight excluding hydrogens is 670 g/mol. The van der Waals surface area contributed by atoms with Gasteiger partial charge >= 0.3 is 24.4 Å². The van der Waals surface area contributed by atoms with E-state index in [0.717, 1.165) is 25.7 Å². The molecule has 5 rings (SSSR count). The van der Waals surface area contributed by atoms with Gasteiger partial charge in [0.05, 0.1) is 42.2 Å². The summed E-state index contributed by atoms with van der Waals surface area (Å²) in [5.74, 6) is -0.00682. The first-order valence-corrected chi connectivity index (χ1v) is 16.4. The third-order valence-electron chi connectivity index (χ3n) is 9.50. The number of cyclic esters (lactones) is 1. The number of aliphatic carboxylic acids is 1. The monoisotopic (exact) mass is 708 g/mol. The SMILES string of the molecule is CCN(CC1CCC(CC(=O)O)CC1)c1ncc(-c2ccc(CO)cc2)nc1CN1C(=O)OC(c2cc(C(F)(F)F)cc(C(F)(F)F)c2)[C@@H]1C. The number of carboxylic acids is 1. The van der Waals surface area contributed by atoms with E-state index in [9.17, 15) is 46.1 Å². The summed E-state index contributed by atoms with van der Waals surface area (Å²) >= 11 is 0. The minimum atomic E-state index is -5.07.